The molecule has 0 amide bonds. The van der Waals surface area contributed by atoms with Gasteiger partial charge in [-0.2, -0.15) is 0 Å². The van der Waals surface area contributed by atoms with Crippen LogP contribution in [-0.2, 0) is 6.42 Å². The zero-order valence-electron chi connectivity index (χ0n) is 9.70. The van der Waals surface area contributed by atoms with Crippen molar-refractivity contribution in [3.63, 3.8) is 0 Å². The number of benzene rings is 2. The summed E-state index contributed by atoms with van der Waals surface area (Å²) >= 11 is 3.60. The summed E-state index contributed by atoms with van der Waals surface area (Å²) in [5.74, 6) is 0. The zero-order chi connectivity index (χ0) is 11.8. The van der Waals surface area contributed by atoms with Crippen LogP contribution in [-0.4, -0.2) is 0 Å². The topological polar surface area (TPSA) is 12.0 Å². The molecule has 0 aromatic heterocycles. The summed E-state index contributed by atoms with van der Waals surface area (Å²) < 4.78 is 1.16. The Bertz CT molecular complexity index is 545. The van der Waals surface area contributed by atoms with E-state index in [2.05, 4.69) is 70.6 Å². The summed E-state index contributed by atoms with van der Waals surface area (Å²) in [6.45, 7) is 2.12. The van der Waals surface area contributed by atoms with Gasteiger partial charge in [-0.15, -0.1) is 0 Å². The Hall–Kier alpha value is -1.28. The maximum Gasteiger partial charge on any atom is 0.0555 e. The Balaban J connectivity index is 1.91. The third-order valence-electron chi connectivity index (χ3n) is 3.32. The van der Waals surface area contributed by atoms with Crippen molar-refractivity contribution in [3.8, 4) is 0 Å². The highest BCUT2D eigenvalue weighted by Gasteiger charge is 2.23. The molecule has 0 radical (unpaired) electrons. The first-order valence-electron chi connectivity index (χ1n) is 5.84. The number of aryl methyl sites for hydroxylation is 1. The number of rotatable bonds is 1. The van der Waals surface area contributed by atoms with Crippen molar-refractivity contribution in [2.45, 2.75) is 19.4 Å². The molecule has 0 fully saturated rings. The summed E-state index contributed by atoms with van der Waals surface area (Å²) in [5, 5.41) is 3.59. The van der Waals surface area contributed by atoms with Crippen molar-refractivity contribution in [3.05, 3.63) is 63.6 Å². The number of nitrogens with one attached hydrogen (secondary N) is 1. The number of hydrogen-bond acceptors (Lipinski definition) is 1. The molecule has 0 aliphatic carbocycles. The first-order valence-corrected chi connectivity index (χ1v) is 6.64. The van der Waals surface area contributed by atoms with E-state index in [1.807, 2.05) is 0 Å². The Morgan fingerprint density at radius 1 is 1.12 bits per heavy atom. The van der Waals surface area contributed by atoms with E-state index in [0.29, 0.717) is 6.04 Å². The first kappa shape index (κ1) is 10.8. The van der Waals surface area contributed by atoms with Gasteiger partial charge in [-0.3, -0.25) is 0 Å². The lowest BCUT2D eigenvalue weighted by Crippen LogP contribution is -2.05. The van der Waals surface area contributed by atoms with Crippen LogP contribution in [0.3, 0.4) is 0 Å². The van der Waals surface area contributed by atoms with Crippen molar-refractivity contribution in [2.75, 3.05) is 5.32 Å². The lowest BCUT2D eigenvalue weighted by molar-refractivity contribution is 0.823. The molecule has 2 heteroatoms. The van der Waals surface area contributed by atoms with Crippen LogP contribution in [0.25, 0.3) is 0 Å². The van der Waals surface area contributed by atoms with Crippen LogP contribution in [0, 0.1) is 6.92 Å². The second kappa shape index (κ2) is 4.19. The van der Waals surface area contributed by atoms with E-state index in [9.17, 15) is 0 Å². The highest BCUT2D eigenvalue weighted by molar-refractivity contribution is 9.10. The molecular formula is C15H14BrN. The maximum atomic E-state index is 3.60. The maximum absolute atomic E-state index is 3.60. The minimum Gasteiger partial charge on any atom is -0.377 e. The molecule has 17 heavy (non-hydrogen) atoms. The van der Waals surface area contributed by atoms with E-state index >= 15 is 0 Å². The summed E-state index contributed by atoms with van der Waals surface area (Å²) in [5.41, 5.74) is 5.31. The van der Waals surface area contributed by atoms with Crippen molar-refractivity contribution in [1.82, 2.24) is 0 Å². The van der Waals surface area contributed by atoms with Gasteiger partial charge in [0.2, 0.25) is 0 Å². The quantitative estimate of drug-likeness (QED) is 0.816. The normalized spacial score (nSPS) is 17.6. The molecule has 86 valence electrons. The summed E-state index contributed by atoms with van der Waals surface area (Å²) in [6.07, 6.45) is 1.07. The molecule has 1 unspecified atom stereocenters. The van der Waals surface area contributed by atoms with E-state index < -0.39 is 0 Å². The van der Waals surface area contributed by atoms with Gasteiger partial charge in [0, 0.05) is 4.47 Å². The number of halogens is 1. The third kappa shape index (κ3) is 1.98. The largest absolute Gasteiger partial charge is 0.377 e. The molecule has 0 bridgehead atoms. The molecule has 2 aromatic carbocycles. The Kier molecular flexibility index (Phi) is 2.67. The molecule has 3 rings (SSSR count). The lowest BCUT2D eigenvalue weighted by Gasteiger charge is -2.12. The smallest absolute Gasteiger partial charge is 0.0555 e. The second-order valence-corrected chi connectivity index (χ2v) is 5.44. The van der Waals surface area contributed by atoms with Gasteiger partial charge in [-0.25, -0.2) is 0 Å². The Morgan fingerprint density at radius 2 is 1.88 bits per heavy atom. The van der Waals surface area contributed by atoms with Crippen LogP contribution in [0.15, 0.2) is 46.9 Å². The summed E-state index contributed by atoms with van der Waals surface area (Å²) in [6, 6.07) is 15.6. The number of para-hydroxylation sites is 1. The number of anilines is 1. The molecule has 2 aromatic rings. The van der Waals surface area contributed by atoms with Crippen LogP contribution >= 0.6 is 15.9 Å². The van der Waals surface area contributed by atoms with Crippen LogP contribution in [0.1, 0.15) is 22.7 Å². The number of hydrogen-bond donors (Lipinski definition) is 1. The van der Waals surface area contributed by atoms with Gasteiger partial charge in [-0.05, 0) is 46.5 Å². The SMILES string of the molecule is Cc1ccc(C2Cc3cccc(Br)c3N2)cc1. The monoisotopic (exact) mass is 287 g/mol. The van der Waals surface area contributed by atoms with E-state index in [0.717, 1.165) is 10.9 Å². The number of fused-ring (bicyclic) bond motifs is 1. The molecule has 1 N–H and O–H groups in total. The second-order valence-electron chi connectivity index (χ2n) is 4.59. The van der Waals surface area contributed by atoms with Gasteiger partial charge in [0.05, 0.1) is 11.7 Å². The van der Waals surface area contributed by atoms with Crippen LogP contribution in [0.2, 0.25) is 0 Å². The van der Waals surface area contributed by atoms with Crippen molar-refractivity contribution in [1.29, 1.82) is 0 Å². The average Bonchev–Trinajstić information content (AvgIpc) is 2.75. The van der Waals surface area contributed by atoms with Crippen LogP contribution < -0.4 is 5.32 Å². The fourth-order valence-electron chi connectivity index (χ4n) is 2.35. The zero-order valence-corrected chi connectivity index (χ0v) is 11.3. The standard InChI is InChI=1S/C15H14BrN/c1-10-5-7-11(8-6-10)14-9-12-3-2-4-13(16)15(12)17-14/h2-8,14,17H,9H2,1H3. The predicted octanol–water partition coefficient (Wildman–Crippen LogP) is 4.47. The van der Waals surface area contributed by atoms with E-state index in [1.165, 1.54) is 22.4 Å². The molecule has 1 nitrogen and oxygen atoms in total. The van der Waals surface area contributed by atoms with Gasteiger partial charge in [0.15, 0.2) is 0 Å². The van der Waals surface area contributed by atoms with Crippen molar-refractivity contribution < 1.29 is 0 Å². The fourth-order valence-corrected chi connectivity index (χ4v) is 2.87. The molecule has 1 atom stereocenters. The van der Waals surface area contributed by atoms with E-state index in [1.54, 1.807) is 0 Å². The first-order chi connectivity index (χ1) is 8.24. The molecule has 0 saturated carbocycles. The molecule has 0 spiro atoms. The highest BCUT2D eigenvalue weighted by Crippen LogP contribution is 2.38. The predicted molar refractivity (Wildman–Crippen MR) is 75.4 cm³/mol. The Morgan fingerprint density at radius 3 is 2.59 bits per heavy atom. The van der Waals surface area contributed by atoms with Crippen molar-refractivity contribution >= 4 is 21.6 Å². The van der Waals surface area contributed by atoms with Gasteiger partial charge in [0.1, 0.15) is 0 Å². The van der Waals surface area contributed by atoms with Gasteiger partial charge >= 0.3 is 0 Å². The summed E-state index contributed by atoms with van der Waals surface area (Å²) in [4.78, 5) is 0. The third-order valence-corrected chi connectivity index (χ3v) is 3.98. The van der Waals surface area contributed by atoms with E-state index in [-0.39, 0.29) is 0 Å². The molecule has 1 aliphatic heterocycles. The minimum absolute atomic E-state index is 0.407. The van der Waals surface area contributed by atoms with Gasteiger partial charge < -0.3 is 5.32 Å². The lowest BCUT2D eigenvalue weighted by atomic mass is 10.0. The van der Waals surface area contributed by atoms with Crippen molar-refractivity contribution in [2.24, 2.45) is 0 Å². The van der Waals surface area contributed by atoms with Crippen LogP contribution in [0.4, 0.5) is 5.69 Å². The minimum atomic E-state index is 0.407. The van der Waals surface area contributed by atoms with Gasteiger partial charge in [-0.1, -0.05) is 42.0 Å². The van der Waals surface area contributed by atoms with E-state index in [4.69, 9.17) is 0 Å². The van der Waals surface area contributed by atoms with Crippen LogP contribution in [0.5, 0.6) is 0 Å². The molecule has 0 saturated heterocycles. The fraction of sp³-hybridized carbons (Fsp3) is 0.200. The highest BCUT2D eigenvalue weighted by atomic mass is 79.9. The average molecular weight is 288 g/mol. The Labute approximate surface area is 110 Å². The molecular weight excluding hydrogens is 274 g/mol. The molecule has 1 heterocycles. The van der Waals surface area contributed by atoms with Gasteiger partial charge in [0.25, 0.3) is 0 Å². The summed E-state index contributed by atoms with van der Waals surface area (Å²) in [7, 11) is 0. The molecule has 1 aliphatic rings.